The molecule has 0 heterocycles. The van der Waals surface area contributed by atoms with Gasteiger partial charge < -0.3 is 10.8 Å². The van der Waals surface area contributed by atoms with E-state index in [0.29, 0.717) is 11.3 Å². The Kier molecular flexibility index (Phi) is 3.53. The highest BCUT2D eigenvalue weighted by molar-refractivity contribution is 5.88. The minimum absolute atomic E-state index is 0.498. The molecule has 0 fully saturated rings. The number of carboxylic acids is 1. The maximum Gasteiger partial charge on any atom is 0.318 e. The molecule has 0 aromatic heterocycles. The third kappa shape index (κ3) is 2.16. The Morgan fingerprint density at radius 2 is 1.75 bits per heavy atom. The number of rotatable bonds is 3. The Morgan fingerprint density at radius 3 is 2.35 bits per heavy atom. The molecule has 2 rings (SSSR count). The van der Waals surface area contributed by atoms with Crippen LogP contribution in [-0.4, -0.2) is 11.1 Å². The zero-order chi connectivity index (χ0) is 14.9. The average Bonchev–Trinajstić information content (AvgIpc) is 2.41. The van der Waals surface area contributed by atoms with E-state index >= 15 is 0 Å². The van der Waals surface area contributed by atoms with Crippen LogP contribution in [0, 0.1) is 13.8 Å². The van der Waals surface area contributed by atoms with Crippen LogP contribution >= 0.6 is 0 Å². The van der Waals surface area contributed by atoms with Gasteiger partial charge in [0.05, 0.1) is 0 Å². The minimum Gasteiger partial charge on any atom is -0.480 e. The zero-order valence-electron chi connectivity index (χ0n) is 12.0. The Bertz CT molecular complexity index is 664. The lowest BCUT2D eigenvalue weighted by Crippen LogP contribution is -2.35. The predicted molar refractivity (Wildman–Crippen MR) is 80.9 cm³/mol. The molecule has 0 saturated carbocycles. The summed E-state index contributed by atoms with van der Waals surface area (Å²) >= 11 is 0. The second-order valence-corrected chi connectivity index (χ2v) is 5.34. The molecule has 2 aromatic rings. The third-order valence-electron chi connectivity index (χ3n) is 3.86. The van der Waals surface area contributed by atoms with Crippen molar-refractivity contribution in [3.63, 3.8) is 0 Å². The highest BCUT2D eigenvalue weighted by Gasteiger charge is 2.39. The summed E-state index contributed by atoms with van der Waals surface area (Å²) < 4.78 is 0. The van der Waals surface area contributed by atoms with E-state index in [2.05, 4.69) is 0 Å². The summed E-state index contributed by atoms with van der Waals surface area (Å²) in [6.07, 6.45) is 0. The first-order chi connectivity index (χ1) is 9.37. The Morgan fingerprint density at radius 1 is 1.10 bits per heavy atom. The Hall–Kier alpha value is -2.29. The van der Waals surface area contributed by atoms with Crippen LogP contribution in [0.15, 0.2) is 42.5 Å². The third-order valence-corrected chi connectivity index (χ3v) is 3.86. The van der Waals surface area contributed by atoms with Crippen molar-refractivity contribution in [3.8, 4) is 0 Å². The first kappa shape index (κ1) is 14.1. The number of hydrogen-bond acceptors (Lipinski definition) is 2. The lowest BCUT2D eigenvalue weighted by molar-refractivity contribution is -0.141. The van der Waals surface area contributed by atoms with E-state index in [0.717, 1.165) is 16.7 Å². The SMILES string of the molecule is Cc1ccc(C)c(C(C)(C(=O)O)c2ccccc2N)c1. The van der Waals surface area contributed by atoms with E-state index in [-0.39, 0.29) is 0 Å². The monoisotopic (exact) mass is 269 g/mol. The summed E-state index contributed by atoms with van der Waals surface area (Å²) in [5.74, 6) is -0.899. The molecular formula is C17H19NO2. The van der Waals surface area contributed by atoms with Gasteiger partial charge in [0.25, 0.3) is 0 Å². The Balaban J connectivity index is 2.77. The molecule has 0 bridgehead atoms. The fraction of sp³-hybridized carbons (Fsp3) is 0.235. The van der Waals surface area contributed by atoms with Crippen molar-refractivity contribution < 1.29 is 9.90 Å². The van der Waals surface area contributed by atoms with E-state index < -0.39 is 11.4 Å². The van der Waals surface area contributed by atoms with Crippen LogP contribution in [-0.2, 0) is 10.2 Å². The topological polar surface area (TPSA) is 63.3 Å². The maximum absolute atomic E-state index is 12.0. The van der Waals surface area contributed by atoms with Gasteiger partial charge in [0.2, 0.25) is 0 Å². The molecule has 3 nitrogen and oxygen atoms in total. The molecule has 0 spiro atoms. The van der Waals surface area contributed by atoms with Gasteiger partial charge in [-0.25, -0.2) is 0 Å². The van der Waals surface area contributed by atoms with Gasteiger partial charge in [-0.2, -0.15) is 0 Å². The first-order valence-electron chi connectivity index (χ1n) is 6.53. The maximum atomic E-state index is 12.0. The van der Waals surface area contributed by atoms with Gasteiger partial charge in [-0.1, -0.05) is 42.0 Å². The molecule has 0 aliphatic rings. The van der Waals surface area contributed by atoms with E-state index in [1.807, 2.05) is 44.2 Å². The van der Waals surface area contributed by atoms with Gasteiger partial charge in [-0.3, -0.25) is 4.79 Å². The van der Waals surface area contributed by atoms with E-state index in [9.17, 15) is 9.90 Å². The zero-order valence-corrected chi connectivity index (χ0v) is 12.0. The van der Waals surface area contributed by atoms with Gasteiger partial charge in [0, 0.05) is 5.69 Å². The van der Waals surface area contributed by atoms with Crippen LogP contribution in [0.25, 0.3) is 0 Å². The number of nitrogens with two attached hydrogens (primary N) is 1. The van der Waals surface area contributed by atoms with Crippen molar-refractivity contribution in [2.45, 2.75) is 26.2 Å². The van der Waals surface area contributed by atoms with Crippen LogP contribution in [0.3, 0.4) is 0 Å². The standard InChI is InChI=1S/C17H19NO2/c1-11-8-9-12(2)14(10-11)17(3,16(19)20)13-6-4-5-7-15(13)18/h4-10H,18H2,1-3H3,(H,19,20). The lowest BCUT2D eigenvalue weighted by atomic mass is 9.73. The summed E-state index contributed by atoms with van der Waals surface area (Å²) in [4.78, 5) is 12.0. The number of para-hydroxylation sites is 1. The van der Waals surface area contributed by atoms with Crippen LogP contribution in [0.5, 0.6) is 0 Å². The molecule has 3 N–H and O–H groups in total. The smallest absolute Gasteiger partial charge is 0.318 e. The predicted octanol–water partition coefficient (Wildman–Crippen LogP) is 3.28. The lowest BCUT2D eigenvalue weighted by Gasteiger charge is -2.29. The number of anilines is 1. The van der Waals surface area contributed by atoms with Crippen molar-refractivity contribution in [2.24, 2.45) is 0 Å². The fourth-order valence-corrected chi connectivity index (χ4v) is 2.60. The van der Waals surface area contributed by atoms with Crippen LogP contribution in [0.1, 0.15) is 29.2 Å². The molecular weight excluding hydrogens is 250 g/mol. The minimum atomic E-state index is -1.15. The molecule has 1 atom stereocenters. The number of hydrogen-bond donors (Lipinski definition) is 2. The van der Waals surface area contributed by atoms with Crippen molar-refractivity contribution in [1.82, 2.24) is 0 Å². The average molecular weight is 269 g/mol. The van der Waals surface area contributed by atoms with E-state index in [1.165, 1.54) is 0 Å². The molecule has 20 heavy (non-hydrogen) atoms. The van der Waals surface area contributed by atoms with Crippen LogP contribution in [0.4, 0.5) is 5.69 Å². The van der Waals surface area contributed by atoms with Gasteiger partial charge in [-0.15, -0.1) is 0 Å². The van der Waals surface area contributed by atoms with Crippen molar-refractivity contribution in [2.75, 3.05) is 5.73 Å². The Labute approximate surface area is 119 Å². The molecule has 3 heteroatoms. The molecule has 0 radical (unpaired) electrons. The van der Waals surface area contributed by atoms with Gasteiger partial charge in [-0.05, 0) is 43.5 Å². The van der Waals surface area contributed by atoms with Crippen molar-refractivity contribution in [1.29, 1.82) is 0 Å². The summed E-state index contributed by atoms with van der Waals surface area (Å²) in [7, 11) is 0. The number of carbonyl (C=O) groups is 1. The summed E-state index contributed by atoms with van der Waals surface area (Å²) in [5.41, 5.74) is 8.74. The fourth-order valence-electron chi connectivity index (χ4n) is 2.60. The second kappa shape index (κ2) is 5.00. The number of aryl methyl sites for hydroxylation is 2. The molecule has 0 aliphatic heterocycles. The normalized spacial score (nSPS) is 13.8. The quantitative estimate of drug-likeness (QED) is 0.840. The van der Waals surface area contributed by atoms with Gasteiger partial charge in [0.1, 0.15) is 5.41 Å². The largest absolute Gasteiger partial charge is 0.480 e. The number of aliphatic carboxylic acids is 1. The summed E-state index contributed by atoms with van der Waals surface area (Å²) in [6, 6.07) is 13.0. The van der Waals surface area contributed by atoms with Crippen molar-refractivity contribution in [3.05, 3.63) is 64.7 Å². The molecule has 0 amide bonds. The number of carboxylic acid groups (broad SMARTS) is 1. The first-order valence-corrected chi connectivity index (χ1v) is 6.53. The molecule has 2 aromatic carbocycles. The van der Waals surface area contributed by atoms with Crippen LogP contribution < -0.4 is 5.73 Å². The second-order valence-electron chi connectivity index (χ2n) is 5.34. The highest BCUT2D eigenvalue weighted by Crippen LogP contribution is 2.37. The van der Waals surface area contributed by atoms with Crippen LogP contribution in [0.2, 0.25) is 0 Å². The molecule has 104 valence electrons. The number of nitrogen functional groups attached to an aromatic ring is 1. The summed E-state index contributed by atoms with van der Waals surface area (Å²) in [5, 5.41) is 9.82. The molecule has 1 unspecified atom stereocenters. The number of benzene rings is 2. The van der Waals surface area contributed by atoms with E-state index in [1.54, 1.807) is 19.1 Å². The van der Waals surface area contributed by atoms with E-state index in [4.69, 9.17) is 5.73 Å². The summed E-state index contributed by atoms with van der Waals surface area (Å²) in [6.45, 7) is 5.59. The molecule has 0 saturated heterocycles. The molecule has 0 aliphatic carbocycles. The van der Waals surface area contributed by atoms with Gasteiger partial charge >= 0.3 is 5.97 Å². The van der Waals surface area contributed by atoms with Gasteiger partial charge in [0.15, 0.2) is 0 Å². The van der Waals surface area contributed by atoms with Crippen molar-refractivity contribution >= 4 is 11.7 Å². The highest BCUT2D eigenvalue weighted by atomic mass is 16.4.